The molecule has 0 aliphatic heterocycles. The number of benzene rings is 1. The van der Waals surface area contributed by atoms with E-state index in [0.717, 1.165) is 6.07 Å². The Morgan fingerprint density at radius 3 is 2.65 bits per heavy atom. The second kappa shape index (κ2) is 5.66. The highest BCUT2D eigenvalue weighted by Crippen LogP contribution is 2.32. The third kappa shape index (κ3) is 3.38. The number of nitrogens with two attached hydrogens (primary N) is 1. The second-order valence-electron chi connectivity index (χ2n) is 3.93. The molecule has 8 heteroatoms. The van der Waals surface area contributed by atoms with Crippen LogP contribution in [0.15, 0.2) is 34.9 Å². The molecule has 0 saturated carbocycles. The Bertz CT molecular complexity index is 616. The Morgan fingerprint density at radius 2 is 1.95 bits per heavy atom. The Balaban J connectivity index is 2.21. The number of nitrogens with zero attached hydrogens (tertiary/aromatic N) is 2. The topological polar surface area (TPSA) is 63.8 Å². The van der Waals surface area contributed by atoms with Gasteiger partial charge in [0.15, 0.2) is 0 Å². The molecule has 2 rings (SSSR count). The van der Waals surface area contributed by atoms with Crippen LogP contribution in [0, 0.1) is 0 Å². The molecule has 0 unspecified atom stereocenters. The lowest BCUT2D eigenvalue weighted by Crippen LogP contribution is -2.12. The molecule has 3 N–H and O–H groups in total. The Kier molecular flexibility index (Phi) is 4.12. The third-order valence-corrected chi connectivity index (χ3v) is 3.11. The maximum Gasteiger partial charge on any atom is 0.416 e. The zero-order valence-electron chi connectivity index (χ0n) is 10.1. The van der Waals surface area contributed by atoms with Gasteiger partial charge in [-0.2, -0.15) is 18.2 Å². The molecule has 1 aromatic carbocycles. The summed E-state index contributed by atoms with van der Waals surface area (Å²) in [7, 11) is 0. The van der Waals surface area contributed by atoms with Gasteiger partial charge < -0.3 is 11.1 Å². The van der Waals surface area contributed by atoms with Crippen LogP contribution < -0.4 is 11.1 Å². The summed E-state index contributed by atoms with van der Waals surface area (Å²) in [4.78, 5) is 7.66. The maximum atomic E-state index is 12.8. The predicted molar refractivity (Wildman–Crippen MR) is 72.9 cm³/mol. The fraction of sp³-hybridized carbons (Fsp3) is 0.167. The fourth-order valence-corrected chi connectivity index (χ4v) is 1.97. The van der Waals surface area contributed by atoms with Gasteiger partial charge in [-0.25, -0.2) is 4.98 Å². The van der Waals surface area contributed by atoms with Crippen LogP contribution in [0.1, 0.15) is 11.1 Å². The molecule has 0 atom stereocenters. The molecule has 1 aromatic heterocycles. The highest BCUT2D eigenvalue weighted by molar-refractivity contribution is 9.10. The van der Waals surface area contributed by atoms with Gasteiger partial charge in [0, 0.05) is 12.7 Å². The van der Waals surface area contributed by atoms with Gasteiger partial charge in [0.1, 0.15) is 5.82 Å². The molecule has 106 valence electrons. The lowest BCUT2D eigenvalue weighted by Gasteiger charge is -2.14. The smallest absolute Gasteiger partial charge is 0.368 e. The van der Waals surface area contributed by atoms with E-state index in [4.69, 9.17) is 5.73 Å². The normalized spacial score (nSPS) is 11.4. The first-order valence-electron chi connectivity index (χ1n) is 5.55. The summed E-state index contributed by atoms with van der Waals surface area (Å²) in [5.74, 6) is 0.384. The lowest BCUT2D eigenvalue weighted by atomic mass is 10.1. The molecule has 2 aromatic rings. The molecule has 0 fully saturated rings. The van der Waals surface area contributed by atoms with E-state index >= 15 is 0 Å². The van der Waals surface area contributed by atoms with Crippen molar-refractivity contribution >= 4 is 27.7 Å². The lowest BCUT2D eigenvalue weighted by molar-refractivity contribution is -0.138. The number of hydrogen-bond donors (Lipinski definition) is 2. The molecule has 0 saturated heterocycles. The van der Waals surface area contributed by atoms with Crippen molar-refractivity contribution in [3.05, 3.63) is 46.1 Å². The zero-order valence-corrected chi connectivity index (χ0v) is 11.7. The minimum atomic E-state index is -4.39. The SMILES string of the molecule is Nc1ncc(Br)c(NCc2ccccc2C(F)(F)F)n1. The second-order valence-corrected chi connectivity index (χ2v) is 4.79. The van der Waals surface area contributed by atoms with Gasteiger partial charge in [-0.3, -0.25) is 0 Å². The van der Waals surface area contributed by atoms with E-state index in [9.17, 15) is 13.2 Å². The first kappa shape index (κ1) is 14.6. The average molecular weight is 347 g/mol. The quantitative estimate of drug-likeness (QED) is 0.893. The fourth-order valence-electron chi connectivity index (χ4n) is 1.63. The monoisotopic (exact) mass is 346 g/mol. The summed E-state index contributed by atoms with van der Waals surface area (Å²) in [5, 5.41) is 2.80. The van der Waals surface area contributed by atoms with Gasteiger partial charge >= 0.3 is 6.18 Å². The van der Waals surface area contributed by atoms with E-state index in [1.165, 1.54) is 18.3 Å². The van der Waals surface area contributed by atoms with Crippen molar-refractivity contribution < 1.29 is 13.2 Å². The van der Waals surface area contributed by atoms with Crippen LogP contribution in [0.2, 0.25) is 0 Å². The zero-order chi connectivity index (χ0) is 14.8. The first-order valence-corrected chi connectivity index (χ1v) is 6.34. The summed E-state index contributed by atoms with van der Waals surface area (Å²) >= 11 is 3.20. The molecule has 0 spiro atoms. The predicted octanol–water partition coefficient (Wildman–Crippen LogP) is 3.45. The highest BCUT2D eigenvalue weighted by atomic mass is 79.9. The Labute approximate surface area is 121 Å². The molecule has 0 bridgehead atoms. The Morgan fingerprint density at radius 1 is 1.25 bits per heavy atom. The molecule has 0 aliphatic rings. The van der Waals surface area contributed by atoms with Crippen LogP contribution in [0.3, 0.4) is 0 Å². The molecular weight excluding hydrogens is 337 g/mol. The number of alkyl halides is 3. The molecule has 0 aliphatic carbocycles. The van der Waals surface area contributed by atoms with E-state index in [0.29, 0.717) is 10.3 Å². The van der Waals surface area contributed by atoms with Gasteiger partial charge in [0.25, 0.3) is 0 Å². The van der Waals surface area contributed by atoms with E-state index < -0.39 is 11.7 Å². The van der Waals surface area contributed by atoms with Crippen molar-refractivity contribution in [3.63, 3.8) is 0 Å². The van der Waals surface area contributed by atoms with Crippen LogP contribution in [0.4, 0.5) is 24.9 Å². The third-order valence-electron chi connectivity index (χ3n) is 2.53. The number of nitrogens with one attached hydrogen (secondary N) is 1. The van der Waals surface area contributed by atoms with Crippen molar-refractivity contribution in [2.45, 2.75) is 12.7 Å². The molecular formula is C12H10BrF3N4. The van der Waals surface area contributed by atoms with Crippen LogP contribution in [-0.2, 0) is 12.7 Å². The van der Waals surface area contributed by atoms with Gasteiger partial charge in [-0.15, -0.1) is 0 Å². The van der Waals surface area contributed by atoms with Gasteiger partial charge in [0.2, 0.25) is 5.95 Å². The van der Waals surface area contributed by atoms with Crippen molar-refractivity contribution in [1.29, 1.82) is 0 Å². The summed E-state index contributed by atoms with van der Waals surface area (Å²) in [6, 6.07) is 5.36. The van der Waals surface area contributed by atoms with Crippen LogP contribution >= 0.6 is 15.9 Å². The number of aromatic nitrogens is 2. The minimum Gasteiger partial charge on any atom is -0.368 e. The average Bonchev–Trinajstić information content (AvgIpc) is 2.39. The summed E-state index contributed by atoms with van der Waals surface area (Å²) in [5.41, 5.74) is 4.89. The summed E-state index contributed by atoms with van der Waals surface area (Å²) in [6.45, 7) is -0.0231. The standard InChI is InChI=1S/C12H10BrF3N4/c13-9-6-19-11(17)20-10(9)18-5-7-3-1-2-4-8(7)12(14,15)16/h1-4,6H,5H2,(H3,17,18,19,20). The van der Waals surface area contributed by atoms with E-state index in [2.05, 4.69) is 31.2 Å². The summed E-state index contributed by atoms with van der Waals surface area (Å²) < 4.78 is 39.0. The van der Waals surface area contributed by atoms with E-state index in [1.807, 2.05) is 0 Å². The molecule has 20 heavy (non-hydrogen) atoms. The van der Waals surface area contributed by atoms with Crippen LogP contribution in [-0.4, -0.2) is 9.97 Å². The van der Waals surface area contributed by atoms with Crippen molar-refractivity contribution in [3.8, 4) is 0 Å². The van der Waals surface area contributed by atoms with Crippen LogP contribution in [0.5, 0.6) is 0 Å². The summed E-state index contributed by atoms with van der Waals surface area (Å²) in [6.07, 6.45) is -2.96. The van der Waals surface area contributed by atoms with Crippen molar-refractivity contribution in [2.24, 2.45) is 0 Å². The van der Waals surface area contributed by atoms with Crippen LogP contribution in [0.25, 0.3) is 0 Å². The number of rotatable bonds is 3. The van der Waals surface area contributed by atoms with E-state index in [-0.39, 0.29) is 18.1 Å². The van der Waals surface area contributed by atoms with E-state index in [1.54, 1.807) is 6.07 Å². The molecule has 0 amide bonds. The van der Waals surface area contributed by atoms with Crippen molar-refractivity contribution in [1.82, 2.24) is 9.97 Å². The molecule has 0 radical (unpaired) electrons. The molecule has 1 heterocycles. The molecule has 4 nitrogen and oxygen atoms in total. The number of hydrogen-bond acceptors (Lipinski definition) is 4. The first-order chi connectivity index (χ1) is 9.38. The van der Waals surface area contributed by atoms with Gasteiger partial charge in [-0.1, -0.05) is 18.2 Å². The number of halogens is 4. The Hall–Kier alpha value is -1.83. The number of anilines is 2. The highest BCUT2D eigenvalue weighted by Gasteiger charge is 2.32. The minimum absolute atomic E-state index is 0.0231. The van der Waals surface area contributed by atoms with Gasteiger partial charge in [0.05, 0.1) is 10.0 Å². The van der Waals surface area contributed by atoms with Crippen molar-refractivity contribution in [2.75, 3.05) is 11.1 Å². The largest absolute Gasteiger partial charge is 0.416 e. The maximum absolute atomic E-state index is 12.8. The number of nitrogen functional groups attached to an aromatic ring is 1. The van der Waals surface area contributed by atoms with Gasteiger partial charge in [-0.05, 0) is 27.6 Å².